The summed E-state index contributed by atoms with van der Waals surface area (Å²) in [4.78, 5) is 13.7. The summed E-state index contributed by atoms with van der Waals surface area (Å²) < 4.78 is 10.7. The van der Waals surface area contributed by atoms with Crippen LogP contribution in [0.3, 0.4) is 0 Å². The first-order valence-electron chi connectivity index (χ1n) is 6.32. The molecular formula is C14H19NO3. The van der Waals surface area contributed by atoms with Crippen LogP contribution in [0.25, 0.3) is 0 Å². The molecule has 0 unspecified atom stereocenters. The Balaban J connectivity index is 1.87. The average Bonchev–Trinajstić information content (AvgIpc) is 2.62. The van der Waals surface area contributed by atoms with Crippen LogP contribution in [-0.4, -0.2) is 36.8 Å². The van der Waals surface area contributed by atoms with Gasteiger partial charge >= 0.3 is 6.09 Å². The van der Waals surface area contributed by atoms with Crippen LogP contribution in [0.15, 0.2) is 30.3 Å². The lowest BCUT2D eigenvalue weighted by molar-refractivity contribution is 0.0705. The zero-order valence-corrected chi connectivity index (χ0v) is 10.7. The van der Waals surface area contributed by atoms with E-state index in [4.69, 9.17) is 9.47 Å². The number of amides is 1. The van der Waals surface area contributed by atoms with Gasteiger partial charge in [-0.15, -0.1) is 0 Å². The molecule has 98 valence electrons. The van der Waals surface area contributed by atoms with Crippen molar-refractivity contribution < 1.29 is 14.3 Å². The van der Waals surface area contributed by atoms with Gasteiger partial charge in [0.15, 0.2) is 0 Å². The Bertz CT molecular complexity index is 380. The Kier molecular flexibility index (Phi) is 4.59. The molecule has 18 heavy (non-hydrogen) atoms. The van der Waals surface area contributed by atoms with Crippen LogP contribution in [0.5, 0.6) is 0 Å². The molecule has 1 aromatic rings. The molecule has 0 saturated carbocycles. The van der Waals surface area contributed by atoms with Crippen LogP contribution in [0.4, 0.5) is 4.79 Å². The van der Waals surface area contributed by atoms with Crippen molar-refractivity contribution in [2.24, 2.45) is 0 Å². The first-order chi connectivity index (χ1) is 8.77. The molecule has 0 bridgehead atoms. The van der Waals surface area contributed by atoms with E-state index in [0.717, 1.165) is 12.0 Å². The van der Waals surface area contributed by atoms with Gasteiger partial charge in [0.2, 0.25) is 0 Å². The Morgan fingerprint density at radius 3 is 3.00 bits per heavy atom. The normalized spacial score (nSPS) is 20.3. The minimum atomic E-state index is -0.253. The number of rotatable bonds is 2. The van der Waals surface area contributed by atoms with Crippen LogP contribution in [0.2, 0.25) is 0 Å². The van der Waals surface area contributed by atoms with Gasteiger partial charge in [0.05, 0.1) is 12.6 Å². The summed E-state index contributed by atoms with van der Waals surface area (Å²) in [6, 6.07) is 9.79. The maximum Gasteiger partial charge on any atom is 0.410 e. The fourth-order valence-corrected chi connectivity index (χ4v) is 1.97. The van der Waals surface area contributed by atoms with E-state index in [2.05, 4.69) is 0 Å². The molecule has 1 saturated heterocycles. The van der Waals surface area contributed by atoms with Crippen LogP contribution in [-0.2, 0) is 16.1 Å². The van der Waals surface area contributed by atoms with E-state index in [-0.39, 0.29) is 12.1 Å². The van der Waals surface area contributed by atoms with Crippen molar-refractivity contribution in [1.82, 2.24) is 4.90 Å². The lowest BCUT2D eigenvalue weighted by Gasteiger charge is -2.25. The smallest absolute Gasteiger partial charge is 0.410 e. The Morgan fingerprint density at radius 2 is 2.22 bits per heavy atom. The van der Waals surface area contributed by atoms with Crippen molar-refractivity contribution >= 4 is 6.09 Å². The third kappa shape index (κ3) is 3.47. The van der Waals surface area contributed by atoms with Gasteiger partial charge in [-0.05, 0) is 18.9 Å². The number of carbonyl (C=O) groups excluding carboxylic acids is 1. The molecule has 1 amide bonds. The summed E-state index contributed by atoms with van der Waals surface area (Å²) in [6.07, 6.45) is 0.613. The quantitative estimate of drug-likeness (QED) is 0.808. The second-order valence-electron chi connectivity index (χ2n) is 4.51. The molecule has 1 aromatic carbocycles. The summed E-state index contributed by atoms with van der Waals surface area (Å²) in [5, 5.41) is 0. The first-order valence-corrected chi connectivity index (χ1v) is 6.32. The minimum Gasteiger partial charge on any atom is -0.445 e. The Hall–Kier alpha value is -1.55. The highest BCUT2D eigenvalue weighted by Gasteiger charge is 2.23. The van der Waals surface area contributed by atoms with Gasteiger partial charge in [0.25, 0.3) is 0 Å². The van der Waals surface area contributed by atoms with Crippen LogP contribution >= 0.6 is 0 Å². The summed E-state index contributed by atoms with van der Waals surface area (Å²) in [5.74, 6) is 0. The number of hydrogen-bond acceptors (Lipinski definition) is 3. The van der Waals surface area contributed by atoms with E-state index < -0.39 is 0 Å². The van der Waals surface area contributed by atoms with Crippen molar-refractivity contribution in [3.63, 3.8) is 0 Å². The SMILES string of the molecule is C[C@H]1COCCCN1C(=O)OCc1ccccc1. The number of hydrogen-bond donors (Lipinski definition) is 0. The molecule has 0 aromatic heterocycles. The van der Waals surface area contributed by atoms with Crippen LogP contribution < -0.4 is 0 Å². The molecule has 0 N–H and O–H groups in total. The number of carbonyl (C=O) groups is 1. The number of nitrogens with zero attached hydrogens (tertiary/aromatic N) is 1. The number of benzene rings is 1. The van der Waals surface area contributed by atoms with E-state index >= 15 is 0 Å². The van der Waals surface area contributed by atoms with Gasteiger partial charge in [0, 0.05) is 13.2 Å². The molecule has 1 aliphatic rings. The van der Waals surface area contributed by atoms with E-state index in [1.54, 1.807) is 4.90 Å². The molecular weight excluding hydrogens is 230 g/mol. The second-order valence-corrected chi connectivity index (χ2v) is 4.51. The Morgan fingerprint density at radius 1 is 1.44 bits per heavy atom. The monoisotopic (exact) mass is 249 g/mol. The highest BCUT2D eigenvalue weighted by atomic mass is 16.6. The van der Waals surface area contributed by atoms with Gasteiger partial charge in [-0.1, -0.05) is 30.3 Å². The lowest BCUT2D eigenvalue weighted by Crippen LogP contribution is -2.40. The molecule has 1 atom stereocenters. The van der Waals surface area contributed by atoms with Crippen molar-refractivity contribution in [1.29, 1.82) is 0 Å². The molecule has 1 aliphatic heterocycles. The zero-order chi connectivity index (χ0) is 12.8. The third-order valence-electron chi connectivity index (χ3n) is 3.02. The van der Waals surface area contributed by atoms with E-state index in [1.165, 1.54) is 0 Å². The van der Waals surface area contributed by atoms with Gasteiger partial charge in [-0.3, -0.25) is 0 Å². The predicted octanol–water partition coefficient (Wildman–Crippen LogP) is 2.43. The van der Waals surface area contributed by atoms with Gasteiger partial charge in [0.1, 0.15) is 6.61 Å². The maximum absolute atomic E-state index is 12.0. The highest BCUT2D eigenvalue weighted by Crippen LogP contribution is 2.10. The summed E-state index contributed by atoms with van der Waals surface area (Å²) >= 11 is 0. The third-order valence-corrected chi connectivity index (χ3v) is 3.02. The number of ether oxygens (including phenoxy) is 2. The first kappa shape index (κ1) is 12.9. The molecule has 0 aliphatic carbocycles. The Labute approximate surface area is 107 Å². The second kappa shape index (κ2) is 6.40. The van der Waals surface area contributed by atoms with Crippen molar-refractivity contribution in [2.75, 3.05) is 19.8 Å². The van der Waals surface area contributed by atoms with E-state index in [0.29, 0.717) is 26.4 Å². The molecule has 1 fully saturated rings. The fraction of sp³-hybridized carbons (Fsp3) is 0.500. The van der Waals surface area contributed by atoms with E-state index in [9.17, 15) is 4.79 Å². The zero-order valence-electron chi connectivity index (χ0n) is 10.7. The molecule has 2 rings (SSSR count). The largest absolute Gasteiger partial charge is 0.445 e. The highest BCUT2D eigenvalue weighted by molar-refractivity contribution is 5.68. The van der Waals surface area contributed by atoms with Crippen LogP contribution in [0, 0.1) is 0 Å². The van der Waals surface area contributed by atoms with E-state index in [1.807, 2.05) is 37.3 Å². The van der Waals surface area contributed by atoms with Crippen molar-refractivity contribution in [3.8, 4) is 0 Å². The topological polar surface area (TPSA) is 38.8 Å². The van der Waals surface area contributed by atoms with Crippen molar-refractivity contribution in [2.45, 2.75) is 26.0 Å². The predicted molar refractivity (Wildman–Crippen MR) is 68.2 cm³/mol. The molecule has 4 heteroatoms. The van der Waals surface area contributed by atoms with Gasteiger partial charge < -0.3 is 14.4 Å². The van der Waals surface area contributed by atoms with Gasteiger partial charge in [-0.25, -0.2) is 4.79 Å². The average molecular weight is 249 g/mol. The van der Waals surface area contributed by atoms with Crippen molar-refractivity contribution in [3.05, 3.63) is 35.9 Å². The standard InChI is InChI=1S/C14H19NO3/c1-12-10-17-9-5-8-15(12)14(16)18-11-13-6-3-2-4-7-13/h2-4,6-7,12H,5,8-11H2,1H3/t12-/m0/s1. The fourth-order valence-electron chi connectivity index (χ4n) is 1.97. The summed E-state index contributed by atoms with van der Waals surface area (Å²) in [5.41, 5.74) is 1.00. The molecule has 0 radical (unpaired) electrons. The minimum absolute atomic E-state index is 0.0794. The van der Waals surface area contributed by atoms with Gasteiger partial charge in [-0.2, -0.15) is 0 Å². The summed E-state index contributed by atoms with van der Waals surface area (Å²) in [6.45, 7) is 4.31. The molecule has 4 nitrogen and oxygen atoms in total. The summed E-state index contributed by atoms with van der Waals surface area (Å²) in [7, 11) is 0. The molecule has 1 heterocycles. The lowest BCUT2D eigenvalue weighted by atomic mass is 10.2. The maximum atomic E-state index is 12.0. The molecule has 0 spiro atoms. The van der Waals surface area contributed by atoms with Crippen LogP contribution in [0.1, 0.15) is 18.9 Å².